The Balaban J connectivity index is 1.69. The van der Waals surface area contributed by atoms with E-state index in [0.29, 0.717) is 5.92 Å². The molecule has 1 aliphatic carbocycles. The number of halogens is 1. The van der Waals surface area contributed by atoms with Gasteiger partial charge in [-0.2, -0.15) is 0 Å². The summed E-state index contributed by atoms with van der Waals surface area (Å²) in [6.45, 7) is 7.25. The zero-order chi connectivity index (χ0) is 18.6. The number of hydrogen-bond acceptors (Lipinski definition) is 2. The molecule has 2 aromatic rings. The molecule has 1 fully saturated rings. The topological polar surface area (TPSA) is 32.3 Å². The van der Waals surface area contributed by atoms with Gasteiger partial charge < -0.3 is 10.2 Å². The van der Waals surface area contributed by atoms with E-state index in [4.69, 9.17) is 11.6 Å². The van der Waals surface area contributed by atoms with Crippen molar-refractivity contribution in [1.82, 2.24) is 10.2 Å². The van der Waals surface area contributed by atoms with Crippen LogP contribution in [0, 0.1) is 5.92 Å². The molecule has 0 radical (unpaired) electrons. The van der Waals surface area contributed by atoms with Crippen LogP contribution in [0.3, 0.4) is 0 Å². The highest BCUT2D eigenvalue weighted by Gasteiger charge is 2.61. The molecule has 0 unspecified atom stereocenters. The Morgan fingerprint density at radius 3 is 2.38 bits per heavy atom. The van der Waals surface area contributed by atoms with Gasteiger partial charge in [-0.3, -0.25) is 4.79 Å². The molecule has 26 heavy (non-hydrogen) atoms. The van der Waals surface area contributed by atoms with Crippen molar-refractivity contribution in [2.24, 2.45) is 5.92 Å². The van der Waals surface area contributed by atoms with E-state index in [9.17, 15) is 4.79 Å². The van der Waals surface area contributed by atoms with E-state index in [1.165, 1.54) is 5.56 Å². The normalized spacial score (nSPS) is 21.4. The van der Waals surface area contributed by atoms with Gasteiger partial charge in [0.15, 0.2) is 0 Å². The number of nitrogens with zero attached hydrogens (tertiary/aromatic N) is 1. The maximum atomic E-state index is 13.3. The van der Waals surface area contributed by atoms with Crippen LogP contribution in [0.1, 0.15) is 31.4 Å². The summed E-state index contributed by atoms with van der Waals surface area (Å²) >= 11 is 5.94. The van der Waals surface area contributed by atoms with Gasteiger partial charge in [0, 0.05) is 24.7 Å². The van der Waals surface area contributed by atoms with E-state index in [2.05, 4.69) is 31.3 Å². The van der Waals surface area contributed by atoms with Crippen molar-refractivity contribution in [1.29, 1.82) is 0 Å². The summed E-state index contributed by atoms with van der Waals surface area (Å²) in [4.78, 5) is 15.2. The lowest BCUT2D eigenvalue weighted by Crippen LogP contribution is -2.41. The van der Waals surface area contributed by atoms with Crippen molar-refractivity contribution < 1.29 is 4.79 Å². The molecule has 0 aromatic heterocycles. The third-order valence-electron chi connectivity index (χ3n) is 5.46. The zero-order valence-corrected chi connectivity index (χ0v) is 16.3. The maximum absolute atomic E-state index is 13.3. The highest BCUT2D eigenvalue weighted by atomic mass is 35.5. The Hall–Kier alpha value is -1.84. The van der Waals surface area contributed by atoms with Crippen LogP contribution in [-0.4, -0.2) is 30.4 Å². The Bertz CT molecular complexity index is 728. The average molecular weight is 371 g/mol. The van der Waals surface area contributed by atoms with Gasteiger partial charge >= 0.3 is 0 Å². The molecule has 3 rings (SSSR count). The van der Waals surface area contributed by atoms with E-state index in [0.717, 1.165) is 43.2 Å². The molecule has 2 aromatic carbocycles. The van der Waals surface area contributed by atoms with Crippen LogP contribution in [0.15, 0.2) is 54.6 Å². The number of rotatable bonds is 8. The molecule has 0 aliphatic heterocycles. The second kappa shape index (κ2) is 8.24. The molecule has 3 nitrogen and oxygen atoms in total. The summed E-state index contributed by atoms with van der Waals surface area (Å²) in [5.41, 5.74) is 1.99. The first-order valence-electron chi connectivity index (χ1n) is 9.41. The van der Waals surface area contributed by atoms with Crippen molar-refractivity contribution in [3.63, 3.8) is 0 Å². The van der Waals surface area contributed by atoms with E-state index < -0.39 is 0 Å². The number of amides is 1. The van der Waals surface area contributed by atoms with Crippen molar-refractivity contribution in [3.05, 3.63) is 70.7 Å². The average Bonchev–Trinajstić information content (AvgIpc) is 3.40. The SMILES string of the molecule is CCN(CC)C(=O)[C@]1(c2ccccc2)C[C@H]1CNCc1ccc(Cl)cc1. The molecule has 0 bridgehead atoms. The fourth-order valence-corrected chi connectivity index (χ4v) is 3.96. The van der Waals surface area contributed by atoms with Gasteiger partial charge in [0.2, 0.25) is 5.91 Å². The number of carbonyl (C=O) groups is 1. The minimum absolute atomic E-state index is 0.270. The van der Waals surface area contributed by atoms with E-state index >= 15 is 0 Å². The first-order chi connectivity index (χ1) is 12.6. The summed E-state index contributed by atoms with van der Waals surface area (Å²) in [5.74, 6) is 0.609. The Kier molecular flexibility index (Phi) is 6.00. The molecule has 1 N–H and O–H groups in total. The second-order valence-electron chi connectivity index (χ2n) is 6.97. The predicted octanol–water partition coefficient (Wildman–Crippen LogP) is 4.26. The van der Waals surface area contributed by atoms with E-state index in [1.54, 1.807) is 0 Å². The molecule has 138 valence electrons. The van der Waals surface area contributed by atoms with Gasteiger partial charge in [-0.05, 0) is 56.0 Å². The predicted molar refractivity (Wildman–Crippen MR) is 107 cm³/mol. The molecular formula is C22H27ClN2O. The van der Waals surface area contributed by atoms with Crippen LogP contribution in [-0.2, 0) is 16.8 Å². The molecule has 0 spiro atoms. The van der Waals surface area contributed by atoms with Crippen molar-refractivity contribution in [2.75, 3.05) is 19.6 Å². The quantitative estimate of drug-likeness (QED) is 0.753. The maximum Gasteiger partial charge on any atom is 0.233 e. The van der Waals surface area contributed by atoms with Gasteiger partial charge in [-0.15, -0.1) is 0 Å². The van der Waals surface area contributed by atoms with Crippen molar-refractivity contribution in [2.45, 2.75) is 32.2 Å². The Labute approximate surface area is 161 Å². The summed E-state index contributed by atoms with van der Waals surface area (Å²) in [5, 5.41) is 4.28. The highest BCUT2D eigenvalue weighted by molar-refractivity contribution is 6.30. The lowest BCUT2D eigenvalue weighted by Gasteiger charge is -2.26. The molecule has 4 heteroatoms. The minimum Gasteiger partial charge on any atom is -0.342 e. The van der Waals surface area contributed by atoms with Crippen LogP contribution in [0.5, 0.6) is 0 Å². The molecule has 0 heterocycles. The molecule has 0 saturated heterocycles. The van der Waals surface area contributed by atoms with Gasteiger partial charge in [0.05, 0.1) is 5.41 Å². The number of hydrogen-bond donors (Lipinski definition) is 1. The molecule has 1 amide bonds. The van der Waals surface area contributed by atoms with Crippen molar-refractivity contribution in [3.8, 4) is 0 Å². The number of nitrogens with one attached hydrogen (secondary N) is 1. The Morgan fingerprint density at radius 2 is 1.77 bits per heavy atom. The molecule has 2 atom stereocenters. The van der Waals surface area contributed by atoms with E-state index in [1.807, 2.05) is 47.4 Å². The highest BCUT2D eigenvalue weighted by Crippen LogP contribution is 2.55. The smallest absolute Gasteiger partial charge is 0.233 e. The first kappa shape index (κ1) is 18.9. The summed E-state index contributed by atoms with van der Waals surface area (Å²) in [7, 11) is 0. The number of benzene rings is 2. The second-order valence-corrected chi connectivity index (χ2v) is 7.41. The monoisotopic (exact) mass is 370 g/mol. The summed E-state index contributed by atoms with van der Waals surface area (Å²) in [6, 6.07) is 18.2. The zero-order valence-electron chi connectivity index (χ0n) is 15.5. The van der Waals surface area contributed by atoms with Gasteiger partial charge in [-0.1, -0.05) is 54.1 Å². The van der Waals surface area contributed by atoms with Gasteiger partial charge in [0.1, 0.15) is 0 Å². The molecule has 1 aliphatic rings. The van der Waals surface area contributed by atoms with E-state index in [-0.39, 0.29) is 11.3 Å². The van der Waals surface area contributed by atoms with Crippen LogP contribution in [0.25, 0.3) is 0 Å². The summed E-state index contributed by atoms with van der Waals surface area (Å²) < 4.78 is 0. The fraction of sp³-hybridized carbons (Fsp3) is 0.409. The standard InChI is InChI=1S/C22H27ClN2O/c1-3-25(4-2)21(26)22(18-8-6-5-7-9-18)14-19(22)16-24-15-17-10-12-20(23)13-11-17/h5-13,19,24H,3-4,14-16H2,1-2H3/t19-,22-/m0/s1. The van der Waals surface area contributed by atoms with Crippen LogP contribution in [0.4, 0.5) is 0 Å². The first-order valence-corrected chi connectivity index (χ1v) is 9.79. The van der Waals surface area contributed by atoms with Crippen molar-refractivity contribution >= 4 is 17.5 Å². The largest absolute Gasteiger partial charge is 0.342 e. The molecular weight excluding hydrogens is 344 g/mol. The lowest BCUT2D eigenvalue weighted by molar-refractivity contribution is -0.134. The van der Waals surface area contributed by atoms with Crippen LogP contribution in [0.2, 0.25) is 5.02 Å². The summed E-state index contributed by atoms with van der Waals surface area (Å²) in [6.07, 6.45) is 0.917. The third-order valence-corrected chi connectivity index (χ3v) is 5.71. The molecule has 1 saturated carbocycles. The third kappa shape index (κ3) is 3.79. The van der Waals surface area contributed by atoms with Gasteiger partial charge in [0.25, 0.3) is 0 Å². The van der Waals surface area contributed by atoms with Crippen LogP contribution < -0.4 is 5.32 Å². The van der Waals surface area contributed by atoms with Gasteiger partial charge in [-0.25, -0.2) is 0 Å². The fourth-order valence-electron chi connectivity index (χ4n) is 3.84. The number of likely N-dealkylation sites (N-methyl/N-ethyl adjacent to an activating group) is 1. The lowest BCUT2D eigenvalue weighted by atomic mass is 9.91. The number of carbonyl (C=O) groups excluding carboxylic acids is 1. The minimum atomic E-state index is -0.361. The van der Waals surface area contributed by atoms with Crippen LogP contribution >= 0.6 is 11.6 Å². The Morgan fingerprint density at radius 1 is 1.12 bits per heavy atom.